The Balaban J connectivity index is 2.05. The van der Waals surface area contributed by atoms with E-state index in [0.29, 0.717) is 0 Å². The minimum atomic E-state index is -0.231. The van der Waals surface area contributed by atoms with Crippen LogP contribution in [0.1, 0.15) is 18.9 Å². The molecule has 1 N–H and O–H groups in total. The van der Waals surface area contributed by atoms with Gasteiger partial charge in [-0.2, -0.15) is 5.10 Å². The average Bonchev–Trinajstić information content (AvgIpc) is 2.80. The van der Waals surface area contributed by atoms with Crippen molar-refractivity contribution in [3.63, 3.8) is 0 Å². The Morgan fingerprint density at radius 2 is 2.06 bits per heavy atom. The summed E-state index contributed by atoms with van der Waals surface area (Å²) in [5.74, 6) is 0. The first-order valence-corrected chi connectivity index (χ1v) is 5.53. The van der Waals surface area contributed by atoms with Crippen molar-refractivity contribution in [2.75, 3.05) is 0 Å². The summed E-state index contributed by atoms with van der Waals surface area (Å²) in [5, 5.41) is 13.4. The molecular formula is C13H16N2O. The van der Waals surface area contributed by atoms with Crippen molar-refractivity contribution in [2.45, 2.75) is 25.9 Å². The third-order valence-electron chi connectivity index (χ3n) is 2.56. The molecule has 84 valence electrons. The van der Waals surface area contributed by atoms with Crippen LogP contribution in [-0.2, 0) is 6.42 Å². The number of hydrogen-bond donors (Lipinski definition) is 1. The van der Waals surface area contributed by atoms with Crippen molar-refractivity contribution in [1.29, 1.82) is 0 Å². The fraction of sp³-hybridized carbons (Fsp3) is 0.308. The van der Waals surface area contributed by atoms with Gasteiger partial charge in [0.1, 0.15) is 0 Å². The van der Waals surface area contributed by atoms with Crippen molar-refractivity contribution >= 4 is 0 Å². The summed E-state index contributed by atoms with van der Waals surface area (Å²) in [4.78, 5) is 0. The molecule has 0 aliphatic carbocycles. The Morgan fingerprint density at radius 3 is 2.62 bits per heavy atom. The second kappa shape index (κ2) is 4.94. The zero-order valence-electron chi connectivity index (χ0n) is 9.37. The van der Waals surface area contributed by atoms with Gasteiger partial charge in [-0.1, -0.05) is 12.1 Å². The molecule has 0 spiro atoms. The van der Waals surface area contributed by atoms with E-state index in [4.69, 9.17) is 0 Å². The fourth-order valence-corrected chi connectivity index (χ4v) is 1.61. The minimum Gasteiger partial charge on any atom is -0.393 e. The maximum Gasteiger partial charge on any atom is 0.0645 e. The van der Waals surface area contributed by atoms with E-state index in [2.05, 4.69) is 17.2 Å². The van der Waals surface area contributed by atoms with Gasteiger partial charge >= 0.3 is 0 Å². The number of aryl methyl sites for hydroxylation is 1. The summed E-state index contributed by atoms with van der Waals surface area (Å²) < 4.78 is 1.83. The van der Waals surface area contributed by atoms with Gasteiger partial charge in [0.25, 0.3) is 0 Å². The zero-order chi connectivity index (χ0) is 11.4. The van der Waals surface area contributed by atoms with Crippen LogP contribution in [0.3, 0.4) is 0 Å². The van der Waals surface area contributed by atoms with E-state index in [1.807, 2.05) is 36.0 Å². The molecule has 1 heterocycles. The van der Waals surface area contributed by atoms with Crippen molar-refractivity contribution in [2.24, 2.45) is 0 Å². The lowest BCUT2D eigenvalue weighted by atomic mass is 10.1. The summed E-state index contributed by atoms with van der Waals surface area (Å²) in [7, 11) is 0. The number of rotatable bonds is 4. The smallest absolute Gasteiger partial charge is 0.0645 e. The number of aromatic nitrogens is 2. The van der Waals surface area contributed by atoms with Gasteiger partial charge in [-0.25, -0.2) is 4.68 Å². The van der Waals surface area contributed by atoms with Gasteiger partial charge in [-0.05, 0) is 43.5 Å². The molecule has 1 aromatic heterocycles. The highest BCUT2D eigenvalue weighted by Crippen LogP contribution is 2.10. The molecule has 1 atom stereocenters. The molecule has 0 fully saturated rings. The van der Waals surface area contributed by atoms with Crippen LogP contribution < -0.4 is 0 Å². The third-order valence-corrected chi connectivity index (χ3v) is 2.56. The number of hydrogen-bond acceptors (Lipinski definition) is 2. The van der Waals surface area contributed by atoms with Crippen LogP contribution in [-0.4, -0.2) is 21.0 Å². The lowest BCUT2D eigenvalue weighted by Gasteiger charge is -2.05. The Morgan fingerprint density at radius 1 is 1.31 bits per heavy atom. The quantitative estimate of drug-likeness (QED) is 0.850. The molecule has 0 amide bonds. The van der Waals surface area contributed by atoms with Crippen molar-refractivity contribution in [3.05, 3.63) is 48.3 Å². The standard InChI is InChI=1S/C13H16N2O/c1-11(16)3-4-12-5-7-13(8-6-12)15-10-2-9-14-15/h2,5-11,16H,3-4H2,1H3/t11-/m1/s1. The van der Waals surface area contributed by atoms with Gasteiger partial charge in [-0.3, -0.25) is 0 Å². The molecule has 0 aliphatic rings. The molecule has 1 aromatic carbocycles. The van der Waals surface area contributed by atoms with Gasteiger partial charge in [0.15, 0.2) is 0 Å². The minimum absolute atomic E-state index is 0.231. The Labute approximate surface area is 95.3 Å². The van der Waals surface area contributed by atoms with Crippen molar-refractivity contribution in [1.82, 2.24) is 9.78 Å². The molecule has 0 saturated carbocycles. The average molecular weight is 216 g/mol. The highest BCUT2D eigenvalue weighted by Gasteiger charge is 1.99. The zero-order valence-corrected chi connectivity index (χ0v) is 9.37. The van der Waals surface area contributed by atoms with Gasteiger partial charge in [0.05, 0.1) is 11.8 Å². The Bertz CT molecular complexity index is 418. The van der Waals surface area contributed by atoms with E-state index in [1.165, 1.54) is 5.56 Å². The summed E-state index contributed by atoms with van der Waals surface area (Å²) >= 11 is 0. The second-order valence-corrected chi connectivity index (χ2v) is 4.00. The van der Waals surface area contributed by atoms with Crippen LogP contribution in [0, 0.1) is 0 Å². The number of aliphatic hydroxyl groups is 1. The van der Waals surface area contributed by atoms with Crippen LogP contribution in [0.2, 0.25) is 0 Å². The number of benzene rings is 1. The predicted molar refractivity (Wildman–Crippen MR) is 63.6 cm³/mol. The third kappa shape index (κ3) is 2.70. The van der Waals surface area contributed by atoms with Crippen molar-refractivity contribution in [3.8, 4) is 5.69 Å². The first-order valence-electron chi connectivity index (χ1n) is 5.53. The van der Waals surface area contributed by atoms with Crippen LogP contribution in [0.25, 0.3) is 5.69 Å². The van der Waals surface area contributed by atoms with Crippen LogP contribution in [0.15, 0.2) is 42.7 Å². The largest absolute Gasteiger partial charge is 0.393 e. The summed E-state index contributed by atoms with van der Waals surface area (Å²) in [6, 6.07) is 10.2. The Hall–Kier alpha value is -1.61. The highest BCUT2D eigenvalue weighted by atomic mass is 16.3. The van der Waals surface area contributed by atoms with Gasteiger partial charge < -0.3 is 5.11 Å². The van der Waals surface area contributed by atoms with Crippen molar-refractivity contribution < 1.29 is 5.11 Å². The SMILES string of the molecule is C[C@@H](O)CCc1ccc(-n2cccn2)cc1. The lowest BCUT2D eigenvalue weighted by Crippen LogP contribution is -2.01. The maximum atomic E-state index is 9.20. The number of nitrogens with zero attached hydrogens (tertiary/aromatic N) is 2. The first-order chi connectivity index (χ1) is 7.75. The highest BCUT2D eigenvalue weighted by molar-refractivity contribution is 5.33. The second-order valence-electron chi connectivity index (χ2n) is 4.00. The summed E-state index contributed by atoms with van der Waals surface area (Å²) in [6.07, 6.45) is 5.18. The van der Waals surface area contributed by atoms with Crippen LogP contribution >= 0.6 is 0 Å². The first kappa shape index (κ1) is 10.9. The van der Waals surface area contributed by atoms with E-state index in [1.54, 1.807) is 6.20 Å². The number of aliphatic hydroxyl groups excluding tert-OH is 1. The molecule has 0 bridgehead atoms. The molecule has 0 saturated heterocycles. The fourth-order valence-electron chi connectivity index (χ4n) is 1.61. The summed E-state index contributed by atoms with van der Waals surface area (Å²) in [6.45, 7) is 1.82. The van der Waals surface area contributed by atoms with E-state index < -0.39 is 0 Å². The van der Waals surface area contributed by atoms with Gasteiger partial charge in [-0.15, -0.1) is 0 Å². The van der Waals surface area contributed by atoms with E-state index in [9.17, 15) is 5.11 Å². The molecule has 0 aliphatic heterocycles. The van der Waals surface area contributed by atoms with Gasteiger partial charge in [0.2, 0.25) is 0 Å². The molecule has 16 heavy (non-hydrogen) atoms. The topological polar surface area (TPSA) is 38.0 Å². The molecule has 0 radical (unpaired) electrons. The molecule has 0 unspecified atom stereocenters. The predicted octanol–water partition coefficient (Wildman–Crippen LogP) is 2.19. The van der Waals surface area contributed by atoms with Crippen LogP contribution in [0.5, 0.6) is 0 Å². The molecular weight excluding hydrogens is 200 g/mol. The summed E-state index contributed by atoms with van der Waals surface area (Å²) in [5.41, 5.74) is 2.31. The van der Waals surface area contributed by atoms with Gasteiger partial charge in [0, 0.05) is 12.4 Å². The molecule has 3 heteroatoms. The normalized spacial score (nSPS) is 12.6. The van der Waals surface area contributed by atoms with E-state index in [0.717, 1.165) is 18.5 Å². The molecule has 3 nitrogen and oxygen atoms in total. The van der Waals surface area contributed by atoms with E-state index in [-0.39, 0.29) is 6.10 Å². The van der Waals surface area contributed by atoms with Crippen LogP contribution in [0.4, 0.5) is 0 Å². The molecule has 2 aromatic rings. The Kier molecular flexibility index (Phi) is 3.37. The monoisotopic (exact) mass is 216 g/mol. The maximum absolute atomic E-state index is 9.20. The lowest BCUT2D eigenvalue weighted by molar-refractivity contribution is 0.185. The van der Waals surface area contributed by atoms with E-state index >= 15 is 0 Å². The molecule has 2 rings (SSSR count).